The minimum Gasteiger partial charge on any atom is -0.351 e. The fraction of sp³-hybridized carbons (Fsp3) is 0.263. The van der Waals surface area contributed by atoms with Crippen LogP contribution in [0.1, 0.15) is 27.5 Å². The number of rotatable bonds is 3. The molecular formula is C19H19F3N4O2. The number of hydrogen-bond acceptors (Lipinski definition) is 3. The molecule has 1 unspecified atom stereocenters. The Morgan fingerprint density at radius 2 is 1.71 bits per heavy atom. The number of carbonyl (C=O) groups excluding carboxylic acids is 2. The van der Waals surface area contributed by atoms with Crippen LogP contribution in [0, 0.1) is 0 Å². The number of anilines is 1. The lowest BCUT2D eigenvalue weighted by molar-refractivity contribution is -0.137. The molecule has 1 fully saturated rings. The van der Waals surface area contributed by atoms with Crippen molar-refractivity contribution in [2.45, 2.75) is 12.2 Å². The first-order chi connectivity index (χ1) is 13.3. The molecule has 1 saturated heterocycles. The van der Waals surface area contributed by atoms with Crippen LogP contribution in [-0.4, -0.2) is 36.5 Å². The van der Waals surface area contributed by atoms with Gasteiger partial charge in [-0.05, 0) is 42.0 Å². The van der Waals surface area contributed by atoms with Crippen LogP contribution in [0.25, 0.3) is 0 Å². The lowest BCUT2D eigenvalue weighted by Crippen LogP contribution is -2.50. The molecule has 3 rings (SSSR count). The van der Waals surface area contributed by atoms with E-state index in [0.29, 0.717) is 25.2 Å². The predicted octanol–water partition coefficient (Wildman–Crippen LogP) is 2.98. The summed E-state index contributed by atoms with van der Waals surface area (Å²) in [6, 6.07) is 10.2. The van der Waals surface area contributed by atoms with E-state index in [4.69, 9.17) is 5.73 Å². The van der Waals surface area contributed by atoms with E-state index in [1.807, 2.05) is 0 Å². The average molecular weight is 392 g/mol. The van der Waals surface area contributed by atoms with Crippen molar-refractivity contribution in [2.75, 3.05) is 25.0 Å². The van der Waals surface area contributed by atoms with Crippen LogP contribution in [-0.2, 0) is 6.18 Å². The minimum absolute atomic E-state index is 0.224. The number of halogens is 3. The van der Waals surface area contributed by atoms with Crippen molar-refractivity contribution < 1.29 is 22.8 Å². The third-order valence-corrected chi connectivity index (χ3v) is 4.55. The molecule has 0 radical (unpaired) electrons. The molecule has 6 nitrogen and oxygen atoms in total. The highest BCUT2D eigenvalue weighted by Crippen LogP contribution is 2.30. The van der Waals surface area contributed by atoms with E-state index < -0.39 is 23.7 Å². The zero-order valence-electron chi connectivity index (χ0n) is 14.8. The van der Waals surface area contributed by atoms with Gasteiger partial charge in [-0.1, -0.05) is 12.1 Å². The summed E-state index contributed by atoms with van der Waals surface area (Å²) in [5, 5.41) is 5.75. The number of carbonyl (C=O) groups is 2. The Morgan fingerprint density at radius 3 is 2.29 bits per heavy atom. The van der Waals surface area contributed by atoms with Gasteiger partial charge in [-0.3, -0.25) is 4.79 Å². The molecule has 1 atom stereocenters. The maximum absolute atomic E-state index is 12.6. The molecule has 1 heterocycles. The third-order valence-electron chi connectivity index (χ3n) is 4.55. The van der Waals surface area contributed by atoms with Gasteiger partial charge in [-0.15, -0.1) is 0 Å². The highest BCUT2D eigenvalue weighted by Gasteiger charge is 2.30. The summed E-state index contributed by atoms with van der Waals surface area (Å²) in [7, 11) is 0. The lowest BCUT2D eigenvalue weighted by Gasteiger charge is -2.35. The quantitative estimate of drug-likeness (QED) is 0.751. The summed E-state index contributed by atoms with van der Waals surface area (Å²) < 4.78 is 37.8. The molecule has 1 aliphatic rings. The Morgan fingerprint density at radius 1 is 1.07 bits per heavy atom. The van der Waals surface area contributed by atoms with Gasteiger partial charge in [0.15, 0.2) is 0 Å². The van der Waals surface area contributed by atoms with Crippen LogP contribution >= 0.6 is 0 Å². The van der Waals surface area contributed by atoms with E-state index in [-0.39, 0.29) is 11.7 Å². The Labute approximate surface area is 159 Å². The second-order valence-electron chi connectivity index (χ2n) is 6.40. The van der Waals surface area contributed by atoms with Crippen LogP contribution in [0.3, 0.4) is 0 Å². The lowest BCUT2D eigenvalue weighted by atomic mass is 10.0. The number of alkyl halides is 3. The number of amides is 3. The van der Waals surface area contributed by atoms with Gasteiger partial charge in [0.1, 0.15) is 0 Å². The van der Waals surface area contributed by atoms with Gasteiger partial charge < -0.3 is 21.3 Å². The monoisotopic (exact) mass is 392 g/mol. The largest absolute Gasteiger partial charge is 0.416 e. The molecule has 0 aliphatic carbocycles. The van der Waals surface area contributed by atoms with Crippen molar-refractivity contribution >= 4 is 17.6 Å². The van der Waals surface area contributed by atoms with Crippen LogP contribution in [0.4, 0.5) is 23.7 Å². The topological polar surface area (TPSA) is 87.5 Å². The van der Waals surface area contributed by atoms with E-state index in [9.17, 15) is 22.8 Å². The van der Waals surface area contributed by atoms with Crippen molar-refractivity contribution in [1.82, 2.24) is 10.2 Å². The van der Waals surface area contributed by atoms with Crippen LogP contribution < -0.4 is 16.4 Å². The maximum Gasteiger partial charge on any atom is 0.416 e. The van der Waals surface area contributed by atoms with E-state index in [1.54, 1.807) is 29.2 Å². The molecule has 1 aliphatic heterocycles. The van der Waals surface area contributed by atoms with Gasteiger partial charge in [0.05, 0.1) is 11.6 Å². The molecule has 9 heteroatoms. The Bertz CT molecular complexity index is 851. The Balaban J connectivity index is 1.69. The van der Waals surface area contributed by atoms with E-state index in [0.717, 1.165) is 17.7 Å². The number of hydrogen-bond donors (Lipinski definition) is 3. The SMILES string of the molecule is NC(=O)N1CCNCC1c1ccc(C(=O)Nc2ccc(C(F)(F)F)cc2)cc1. The maximum atomic E-state index is 12.6. The Kier molecular flexibility index (Phi) is 5.55. The molecule has 28 heavy (non-hydrogen) atoms. The molecule has 3 amide bonds. The summed E-state index contributed by atoms with van der Waals surface area (Å²) in [5.41, 5.74) is 6.08. The molecule has 2 aromatic carbocycles. The molecule has 0 spiro atoms. The second-order valence-corrected chi connectivity index (χ2v) is 6.40. The number of nitrogens with zero attached hydrogens (tertiary/aromatic N) is 1. The van der Waals surface area contributed by atoms with E-state index >= 15 is 0 Å². The Hall–Kier alpha value is -3.07. The molecule has 0 bridgehead atoms. The fourth-order valence-corrected chi connectivity index (χ4v) is 3.07. The molecule has 0 aromatic heterocycles. The number of piperazine rings is 1. The number of urea groups is 1. The van der Waals surface area contributed by atoms with E-state index in [2.05, 4.69) is 10.6 Å². The summed E-state index contributed by atoms with van der Waals surface area (Å²) in [6.45, 7) is 1.71. The van der Waals surface area contributed by atoms with Gasteiger partial charge in [0.2, 0.25) is 0 Å². The summed E-state index contributed by atoms with van der Waals surface area (Å²) >= 11 is 0. The number of nitrogens with one attached hydrogen (secondary N) is 2. The molecule has 4 N–H and O–H groups in total. The standard InChI is InChI=1S/C19H19F3N4O2/c20-19(21,22)14-5-7-15(8-6-14)25-17(27)13-3-1-12(2-4-13)16-11-24-9-10-26(16)18(23)28/h1-8,16,24H,9-11H2,(H2,23,28)(H,25,27). The van der Waals surface area contributed by atoms with Gasteiger partial charge in [-0.2, -0.15) is 13.2 Å². The third kappa shape index (κ3) is 4.42. The zero-order valence-corrected chi connectivity index (χ0v) is 14.8. The number of primary amides is 1. The van der Waals surface area contributed by atoms with Gasteiger partial charge in [-0.25, -0.2) is 4.79 Å². The second kappa shape index (κ2) is 7.89. The van der Waals surface area contributed by atoms with Crippen LogP contribution in [0.5, 0.6) is 0 Å². The predicted molar refractivity (Wildman–Crippen MR) is 97.7 cm³/mol. The molecule has 148 valence electrons. The van der Waals surface area contributed by atoms with Crippen molar-refractivity contribution in [1.29, 1.82) is 0 Å². The van der Waals surface area contributed by atoms with Gasteiger partial charge in [0, 0.05) is 30.9 Å². The van der Waals surface area contributed by atoms with Crippen molar-refractivity contribution in [3.05, 3.63) is 65.2 Å². The number of nitrogens with two attached hydrogens (primary N) is 1. The number of benzene rings is 2. The first-order valence-corrected chi connectivity index (χ1v) is 8.61. The summed E-state index contributed by atoms with van der Waals surface area (Å²) in [5.74, 6) is -0.445. The molecule has 0 saturated carbocycles. The van der Waals surface area contributed by atoms with E-state index in [1.165, 1.54) is 12.1 Å². The average Bonchev–Trinajstić information content (AvgIpc) is 2.68. The zero-order chi connectivity index (χ0) is 20.3. The first kappa shape index (κ1) is 19.7. The highest BCUT2D eigenvalue weighted by atomic mass is 19.4. The first-order valence-electron chi connectivity index (χ1n) is 8.61. The normalized spacial score (nSPS) is 17.2. The minimum atomic E-state index is -4.43. The summed E-state index contributed by atoms with van der Waals surface area (Å²) in [6.07, 6.45) is -4.43. The van der Waals surface area contributed by atoms with Gasteiger partial charge in [0.25, 0.3) is 5.91 Å². The smallest absolute Gasteiger partial charge is 0.351 e. The summed E-state index contributed by atoms with van der Waals surface area (Å²) in [4.78, 5) is 25.5. The highest BCUT2D eigenvalue weighted by molar-refractivity contribution is 6.04. The van der Waals surface area contributed by atoms with Crippen molar-refractivity contribution in [3.8, 4) is 0 Å². The molecule has 2 aromatic rings. The van der Waals surface area contributed by atoms with Crippen LogP contribution in [0.2, 0.25) is 0 Å². The van der Waals surface area contributed by atoms with Crippen molar-refractivity contribution in [3.63, 3.8) is 0 Å². The van der Waals surface area contributed by atoms with Crippen LogP contribution in [0.15, 0.2) is 48.5 Å². The fourth-order valence-electron chi connectivity index (χ4n) is 3.07. The van der Waals surface area contributed by atoms with Crippen molar-refractivity contribution in [2.24, 2.45) is 5.73 Å². The molecular weight excluding hydrogens is 373 g/mol. The van der Waals surface area contributed by atoms with Gasteiger partial charge >= 0.3 is 12.2 Å².